The van der Waals surface area contributed by atoms with Crippen LogP contribution in [0.2, 0.25) is 0 Å². The zero-order valence-corrected chi connectivity index (χ0v) is 15.5. The largest absolute Gasteiger partial charge is 0.354 e. The SMILES string of the molecule is [2H]C([2H])([2H])NC(=O)c1nnc(NC(=O)NC2CC2)cc1Nc1ncccc1S(C)(=O)=O. The Balaban J connectivity index is 1.96. The van der Waals surface area contributed by atoms with Crippen molar-refractivity contribution in [3.8, 4) is 0 Å². The Morgan fingerprint density at radius 2 is 2.07 bits per heavy atom. The third-order valence-corrected chi connectivity index (χ3v) is 4.83. The lowest BCUT2D eigenvalue weighted by atomic mass is 10.3. The summed E-state index contributed by atoms with van der Waals surface area (Å²) in [5.74, 6) is -1.25. The first kappa shape index (κ1) is 15.7. The molecule has 2 aromatic heterocycles. The first-order valence-corrected chi connectivity index (χ1v) is 10.0. The van der Waals surface area contributed by atoms with Crippen molar-refractivity contribution in [2.24, 2.45) is 0 Å². The van der Waals surface area contributed by atoms with Gasteiger partial charge >= 0.3 is 6.03 Å². The van der Waals surface area contributed by atoms with Crippen LogP contribution in [0.4, 0.5) is 22.1 Å². The predicted molar refractivity (Wildman–Crippen MR) is 101 cm³/mol. The lowest BCUT2D eigenvalue weighted by molar-refractivity contribution is 0.0958. The van der Waals surface area contributed by atoms with Gasteiger partial charge in [-0.25, -0.2) is 18.2 Å². The highest BCUT2D eigenvalue weighted by Crippen LogP contribution is 2.25. The van der Waals surface area contributed by atoms with E-state index in [1.165, 1.54) is 24.4 Å². The van der Waals surface area contributed by atoms with E-state index < -0.39 is 34.4 Å². The third kappa shape index (κ3) is 4.71. The normalized spacial score (nSPS) is 15.5. The minimum absolute atomic E-state index is 0.0529. The topological polar surface area (TPSA) is 155 Å². The summed E-state index contributed by atoms with van der Waals surface area (Å²) in [6.45, 7) is -2.79. The van der Waals surface area contributed by atoms with E-state index in [-0.39, 0.29) is 28.3 Å². The molecule has 1 fully saturated rings. The molecule has 11 nitrogen and oxygen atoms in total. The molecule has 148 valence electrons. The molecule has 1 aliphatic rings. The predicted octanol–water partition coefficient (Wildman–Crippen LogP) is 0.662. The molecule has 3 rings (SSSR count). The number of urea groups is 1. The van der Waals surface area contributed by atoms with Gasteiger partial charge in [-0.1, -0.05) is 0 Å². The Labute approximate surface area is 165 Å². The second-order valence-corrected chi connectivity index (χ2v) is 8.05. The van der Waals surface area contributed by atoms with Crippen LogP contribution >= 0.6 is 0 Å². The van der Waals surface area contributed by atoms with Crippen molar-refractivity contribution in [2.75, 3.05) is 23.9 Å². The van der Waals surface area contributed by atoms with Gasteiger partial charge in [0.15, 0.2) is 21.3 Å². The number of carbonyl (C=O) groups is 2. The van der Waals surface area contributed by atoms with Crippen LogP contribution in [-0.4, -0.2) is 54.8 Å². The molecule has 0 unspecified atom stereocenters. The highest BCUT2D eigenvalue weighted by molar-refractivity contribution is 7.90. The quantitative estimate of drug-likeness (QED) is 0.543. The van der Waals surface area contributed by atoms with Crippen molar-refractivity contribution in [2.45, 2.75) is 23.8 Å². The van der Waals surface area contributed by atoms with Crippen molar-refractivity contribution >= 4 is 39.1 Å². The molecule has 0 spiro atoms. The van der Waals surface area contributed by atoms with Crippen molar-refractivity contribution in [3.05, 3.63) is 30.1 Å². The molecule has 0 saturated heterocycles. The van der Waals surface area contributed by atoms with Gasteiger partial charge in [-0.05, 0) is 25.0 Å². The smallest absolute Gasteiger partial charge is 0.320 e. The van der Waals surface area contributed by atoms with Crippen molar-refractivity contribution in [3.63, 3.8) is 0 Å². The summed E-state index contributed by atoms with van der Waals surface area (Å²) in [4.78, 5) is 28.2. The molecule has 28 heavy (non-hydrogen) atoms. The van der Waals surface area contributed by atoms with E-state index in [2.05, 4.69) is 31.1 Å². The summed E-state index contributed by atoms with van der Waals surface area (Å²) in [5.41, 5.74) is -0.545. The minimum Gasteiger partial charge on any atom is -0.354 e. The second-order valence-electron chi connectivity index (χ2n) is 6.07. The van der Waals surface area contributed by atoms with Gasteiger partial charge < -0.3 is 16.0 Å². The lowest BCUT2D eigenvalue weighted by Gasteiger charge is -2.13. The third-order valence-electron chi connectivity index (χ3n) is 3.70. The number of anilines is 3. The molecule has 0 radical (unpaired) electrons. The molecule has 1 saturated carbocycles. The van der Waals surface area contributed by atoms with E-state index in [0.717, 1.165) is 19.1 Å². The van der Waals surface area contributed by atoms with Gasteiger partial charge in [0.1, 0.15) is 10.7 Å². The first-order valence-electron chi connectivity index (χ1n) is 9.62. The molecule has 0 atom stereocenters. The molecular formula is C16H19N7O4S. The maximum atomic E-state index is 12.4. The number of rotatable bonds is 6. The summed E-state index contributed by atoms with van der Waals surface area (Å²) in [5, 5.41) is 17.0. The van der Waals surface area contributed by atoms with E-state index in [1.54, 1.807) is 5.32 Å². The number of nitrogens with zero attached hydrogens (tertiary/aromatic N) is 3. The van der Waals surface area contributed by atoms with Crippen LogP contribution in [-0.2, 0) is 9.84 Å². The zero-order chi connectivity index (χ0) is 22.8. The summed E-state index contributed by atoms with van der Waals surface area (Å²) in [6, 6.07) is 3.50. The van der Waals surface area contributed by atoms with E-state index >= 15 is 0 Å². The number of hydrogen-bond donors (Lipinski definition) is 4. The van der Waals surface area contributed by atoms with Crippen LogP contribution in [0.3, 0.4) is 0 Å². The van der Waals surface area contributed by atoms with Crippen LogP contribution in [0, 0.1) is 0 Å². The Hall–Kier alpha value is -3.28. The summed E-state index contributed by atoms with van der Waals surface area (Å²) in [7, 11) is -3.68. The van der Waals surface area contributed by atoms with Crippen molar-refractivity contribution in [1.82, 2.24) is 25.8 Å². The highest BCUT2D eigenvalue weighted by Gasteiger charge is 2.24. The maximum absolute atomic E-state index is 12.4. The Morgan fingerprint density at radius 3 is 2.75 bits per heavy atom. The van der Waals surface area contributed by atoms with E-state index in [0.29, 0.717) is 0 Å². The number of pyridine rings is 1. The Kier molecular flexibility index (Phi) is 4.36. The van der Waals surface area contributed by atoms with Gasteiger partial charge in [-0.3, -0.25) is 10.1 Å². The molecule has 2 aromatic rings. The number of carbonyl (C=O) groups excluding carboxylic acids is 2. The van der Waals surface area contributed by atoms with Gasteiger partial charge in [0.05, 0.1) is 5.69 Å². The number of amides is 3. The molecule has 12 heteroatoms. The Bertz CT molecular complexity index is 1120. The van der Waals surface area contributed by atoms with Crippen LogP contribution in [0.1, 0.15) is 27.4 Å². The van der Waals surface area contributed by atoms with E-state index in [4.69, 9.17) is 4.11 Å². The van der Waals surface area contributed by atoms with Gasteiger partial charge in [0, 0.05) is 35.6 Å². The second kappa shape index (κ2) is 7.76. The zero-order valence-electron chi connectivity index (χ0n) is 17.7. The van der Waals surface area contributed by atoms with Crippen LogP contribution in [0.5, 0.6) is 0 Å². The average molecular weight is 408 g/mol. The van der Waals surface area contributed by atoms with Crippen LogP contribution in [0.15, 0.2) is 29.3 Å². The van der Waals surface area contributed by atoms with E-state index in [1.807, 2.05) is 0 Å². The molecular weight excluding hydrogens is 386 g/mol. The standard InChI is InChI=1S/C16H19N7O4S/c1-17-15(24)13-10(20-14-11(28(2,26)27)4-3-7-18-14)8-12(22-23-13)21-16(25)19-9-5-6-9/h3-4,7-9H,5-6H2,1-2H3,(H,17,24)(H3,18,19,20,21,22,25)/i1D3. The highest BCUT2D eigenvalue weighted by atomic mass is 32.2. The first-order chi connectivity index (χ1) is 14.4. The molecule has 0 aromatic carbocycles. The van der Waals surface area contributed by atoms with E-state index in [9.17, 15) is 18.0 Å². The van der Waals surface area contributed by atoms with Gasteiger partial charge in [0.25, 0.3) is 5.91 Å². The van der Waals surface area contributed by atoms with Crippen molar-refractivity contribution < 1.29 is 22.1 Å². The summed E-state index contributed by atoms with van der Waals surface area (Å²) in [6.07, 6.45) is 4.05. The number of nitrogens with one attached hydrogen (secondary N) is 4. The van der Waals surface area contributed by atoms with Crippen LogP contribution < -0.4 is 21.3 Å². The molecule has 2 heterocycles. The van der Waals surface area contributed by atoms with Gasteiger partial charge in [-0.2, -0.15) is 0 Å². The van der Waals surface area contributed by atoms with Crippen LogP contribution in [0.25, 0.3) is 0 Å². The minimum atomic E-state index is -3.68. The number of hydrogen-bond acceptors (Lipinski definition) is 8. The number of sulfone groups is 1. The molecule has 1 aliphatic carbocycles. The number of aromatic nitrogens is 3. The van der Waals surface area contributed by atoms with Gasteiger partial charge in [0.2, 0.25) is 0 Å². The maximum Gasteiger partial charge on any atom is 0.320 e. The summed E-state index contributed by atoms with van der Waals surface area (Å²) < 4.78 is 45.7. The molecule has 0 aliphatic heterocycles. The molecule has 3 amide bonds. The Morgan fingerprint density at radius 1 is 1.29 bits per heavy atom. The molecule has 0 bridgehead atoms. The monoisotopic (exact) mass is 408 g/mol. The molecule has 4 N–H and O–H groups in total. The summed E-state index contributed by atoms with van der Waals surface area (Å²) >= 11 is 0. The fraction of sp³-hybridized carbons (Fsp3) is 0.312. The lowest BCUT2D eigenvalue weighted by Crippen LogP contribution is -2.31. The fourth-order valence-corrected chi connectivity index (χ4v) is 3.03. The fourth-order valence-electron chi connectivity index (χ4n) is 2.25. The van der Waals surface area contributed by atoms with Gasteiger partial charge in [-0.15, -0.1) is 10.2 Å². The van der Waals surface area contributed by atoms with Crippen molar-refractivity contribution in [1.29, 1.82) is 0 Å². The average Bonchev–Trinajstić information content (AvgIpc) is 3.43.